The van der Waals surface area contributed by atoms with E-state index in [9.17, 15) is 10.2 Å². The van der Waals surface area contributed by atoms with Gasteiger partial charge in [0.05, 0.1) is 19.8 Å². The largest absolute Gasteiger partial charge is 0.437 e. The Hall–Kier alpha value is 0.451. The first-order valence-electron chi connectivity index (χ1n) is 8.44. The van der Waals surface area contributed by atoms with Crippen LogP contribution in [0.15, 0.2) is 0 Å². The SMILES string of the molecule is CC(CO)(CO)COCCC[Si](C)(O[Si](C)(C)C)O[Si](C)(C)C. The fourth-order valence-electron chi connectivity index (χ4n) is 2.37. The normalized spacial score (nSPS) is 14.3. The van der Waals surface area contributed by atoms with Crippen LogP contribution in [0.1, 0.15) is 13.3 Å². The smallest absolute Gasteiger partial charge is 0.314 e. The molecule has 0 atom stereocenters. The van der Waals surface area contributed by atoms with Crippen molar-refractivity contribution in [3.63, 3.8) is 0 Å². The summed E-state index contributed by atoms with van der Waals surface area (Å²) in [6.45, 7) is 18.0. The van der Waals surface area contributed by atoms with Crippen LogP contribution in [0.25, 0.3) is 0 Å². The molecule has 0 bridgehead atoms. The number of aliphatic hydroxyl groups excluding tert-OH is 2. The highest BCUT2D eigenvalue weighted by molar-refractivity contribution is 6.87. The molecule has 0 aromatic carbocycles. The minimum absolute atomic E-state index is 0.0760. The standard InChI is InChI=1S/C15H38O5Si3/c1-15(12-16,13-17)14-18-10-9-11-23(8,19-21(2,3)4)20-22(5,6)7/h16-17H,9-14H2,1-8H3. The van der Waals surface area contributed by atoms with Crippen LogP contribution in [-0.4, -0.2) is 61.8 Å². The molecule has 2 N–H and O–H groups in total. The number of ether oxygens (including phenoxy) is 1. The van der Waals surface area contributed by atoms with Gasteiger partial charge in [-0.1, -0.05) is 6.92 Å². The quantitative estimate of drug-likeness (QED) is 0.401. The van der Waals surface area contributed by atoms with Crippen LogP contribution < -0.4 is 0 Å². The molecule has 0 spiro atoms. The minimum Gasteiger partial charge on any atom is -0.437 e. The lowest BCUT2D eigenvalue weighted by Gasteiger charge is -2.38. The van der Waals surface area contributed by atoms with E-state index in [1.807, 2.05) is 6.92 Å². The molecule has 0 saturated heterocycles. The molecule has 140 valence electrons. The van der Waals surface area contributed by atoms with E-state index < -0.39 is 30.6 Å². The Balaban J connectivity index is 4.46. The summed E-state index contributed by atoms with van der Waals surface area (Å²) in [6, 6.07) is 0.913. The van der Waals surface area contributed by atoms with Crippen molar-refractivity contribution >= 4 is 25.2 Å². The molecule has 0 aromatic rings. The van der Waals surface area contributed by atoms with Gasteiger partial charge >= 0.3 is 8.56 Å². The second-order valence-corrected chi connectivity index (χ2v) is 21.7. The van der Waals surface area contributed by atoms with E-state index in [0.717, 1.165) is 12.5 Å². The van der Waals surface area contributed by atoms with Gasteiger partial charge in [-0.3, -0.25) is 0 Å². The molecule has 0 aliphatic carbocycles. The topological polar surface area (TPSA) is 68.2 Å². The van der Waals surface area contributed by atoms with Crippen molar-refractivity contribution in [2.45, 2.75) is 65.2 Å². The lowest BCUT2D eigenvalue weighted by Crippen LogP contribution is -2.52. The third-order valence-electron chi connectivity index (χ3n) is 3.18. The predicted molar refractivity (Wildman–Crippen MR) is 103 cm³/mol. The van der Waals surface area contributed by atoms with Crippen LogP contribution in [0.4, 0.5) is 0 Å². The van der Waals surface area contributed by atoms with E-state index in [-0.39, 0.29) is 13.2 Å². The van der Waals surface area contributed by atoms with Gasteiger partial charge < -0.3 is 23.2 Å². The van der Waals surface area contributed by atoms with Gasteiger partial charge in [0.15, 0.2) is 16.6 Å². The molecule has 8 heteroatoms. The fraction of sp³-hybridized carbons (Fsp3) is 1.00. The predicted octanol–water partition coefficient (Wildman–Crippen LogP) is 3.16. The van der Waals surface area contributed by atoms with Crippen LogP contribution in [0, 0.1) is 5.41 Å². The first kappa shape index (κ1) is 23.5. The van der Waals surface area contributed by atoms with Crippen LogP contribution in [0.5, 0.6) is 0 Å². The maximum Gasteiger partial charge on any atom is 0.314 e. The Kier molecular flexibility index (Phi) is 9.41. The molecule has 0 heterocycles. The average Bonchev–Trinajstić information content (AvgIpc) is 2.33. The van der Waals surface area contributed by atoms with Crippen LogP contribution in [-0.2, 0) is 13.0 Å². The lowest BCUT2D eigenvalue weighted by atomic mass is 9.95. The van der Waals surface area contributed by atoms with Crippen LogP contribution in [0.2, 0.25) is 51.9 Å². The maximum atomic E-state index is 9.26. The molecular formula is C15H38O5Si3. The number of rotatable bonds is 12. The molecule has 0 amide bonds. The van der Waals surface area contributed by atoms with Gasteiger partial charge in [-0.25, -0.2) is 0 Å². The molecular weight excluding hydrogens is 344 g/mol. The number of hydrogen-bond donors (Lipinski definition) is 2. The van der Waals surface area contributed by atoms with Gasteiger partial charge in [-0.05, 0) is 58.3 Å². The summed E-state index contributed by atoms with van der Waals surface area (Å²) in [6.07, 6.45) is 0.880. The first-order valence-corrected chi connectivity index (χ1v) is 17.8. The summed E-state index contributed by atoms with van der Waals surface area (Å²) >= 11 is 0. The molecule has 0 radical (unpaired) electrons. The van der Waals surface area contributed by atoms with Crippen LogP contribution in [0.3, 0.4) is 0 Å². The van der Waals surface area contributed by atoms with E-state index in [2.05, 4.69) is 45.8 Å². The van der Waals surface area contributed by atoms with Crippen molar-refractivity contribution in [3.05, 3.63) is 0 Å². The van der Waals surface area contributed by atoms with Crippen LogP contribution >= 0.6 is 0 Å². The molecule has 0 rings (SSSR count). The van der Waals surface area contributed by atoms with E-state index in [4.69, 9.17) is 13.0 Å². The Morgan fingerprint density at radius 3 is 1.61 bits per heavy atom. The molecule has 0 aliphatic heterocycles. The van der Waals surface area contributed by atoms with E-state index in [0.29, 0.717) is 13.2 Å². The van der Waals surface area contributed by atoms with Gasteiger partial charge in [0.2, 0.25) is 0 Å². The summed E-state index contributed by atoms with van der Waals surface area (Å²) in [7, 11) is -5.49. The zero-order valence-electron chi connectivity index (χ0n) is 16.4. The summed E-state index contributed by atoms with van der Waals surface area (Å²) < 4.78 is 18.5. The minimum atomic E-state index is -2.19. The fourth-order valence-corrected chi connectivity index (χ4v) is 14.9. The molecule has 0 fully saturated rings. The second-order valence-electron chi connectivity index (χ2n) is 8.85. The van der Waals surface area contributed by atoms with Gasteiger partial charge in [0.25, 0.3) is 0 Å². The molecule has 5 nitrogen and oxygen atoms in total. The number of aliphatic hydroxyl groups is 2. The van der Waals surface area contributed by atoms with E-state index in [1.54, 1.807) is 0 Å². The Labute approximate surface area is 145 Å². The van der Waals surface area contributed by atoms with Crippen molar-refractivity contribution < 1.29 is 23.2 Å². The average molecular weight is 383 g/mol. The third-order valence-corrected chi connectivity index (χ3v) is 12.8. The zero-order valence-corrected chi connectivity index (χ0v) is 19.4. The summed E-state index contributed by atoms with van der Waals surface area (Å²) in [4.78, 5) is 0. The number of hydrogen-bond acceptors (Lipinski definition) is 5. The van der Waals surface area contributed by atoms with Crippen molar-refractivity contribution in [1.29, 1.82) is 0 Å². The van der Waals surface area contributed by atoms with Crippen molar-refractivity contribution in [2.75, 3.05) is 26.4 Å². The van der Waals surface area contributed by atoms with E-state index in [1.165, 1.54) is 0 Å². The molecule has 0 aromatic heterocycles. The third kappa shape index (κ3) is 11.6. The maximum absolute atomic E-state index is 9.26. The Morgan fingerprint density at radius 1 is 0.826 bits per heavy atom. The Bertz CT molecular complexity index is 319. The monoisotopic (exact) mass is 382 g/mol. The van der Waals surface area contributed by atoms with E-state index >= 15 is 0 Å². The molecule has 0 unspecified atom stereocenters. The molecule has 23 heavy (non-hydrogen) atoms. The van der Waals surface area contributed by atoms with Gasteiger partial charge in [-0.15, -0.1) is 0 Å². The van der Waals surface area contributed by atoms with Gasteiger partial charge in [-0.2, -0.15) is 0 Å². The highest BCUT2D eigenvalue weighted by Crippen LogP contribution is 2.25. The highest BCUT2D eigenvalue weighted by atomic mass is 28.5. The summed E-state index contributed by atoms with van der Waals surface area (Å²) in [5.74, 6) is 0. The zero-order chi connectivity index (χ0) is 18.4. The second kappa shape index (κ2) is 9.23. The highest BCUT2D eigenvalue weighted by Gasteiger charge is 2.39. The molecule has 0 aliphatic rings. The first-order chi connectivity index (χ1) is 10.2. The van der Waals surface area contributed by atoms with Crippen molar-refractivity contribution in [2.24, 2.45) is 5.41 Å². The van der Waals surface area contributed by atoms with Crippen molar-refractivity contribution in [1.82, 2.24) is 0 Å². The molecule has 0 saturated carbocycles. The van der Waals surface area contributed by atoms with Crippen molar-refractivity contribution in [3.8, 4) is 0 Å². The van der Waals surface area contributed by atoms with Gasteiger partial charge in [0.1, 0.15) is 0 Å². The van der Waals surface area contributed by atoms with Gasteiger partial charge in [0, 0.05) is 12.0 Å². The Morgan fingerprint density at radius 2 is 1.26 bits per heavy atom. The summed E-state index contributed by atoms with van der Waals surface area (Å²) in [5, 5.41) is 18.5. The summed E-state index contributed by atoms with van der Waals surface area (Å²) in [5.41, 5.74) is -0.565. The lowest BCUT2D eigenvalue weighted by molar-refractivity contribution is -0.0161.